The van der Waals surface area contributed by atoms with Crippen LogP contribution in [0.3, 0.4) is 0 Å². The molecule has 0 bridgehead atoms. The summed E-state index contributed by atoms with van der Waals surface area (Å²) in [6.07, 6.45) is 0. The van der Waals surface area contributed by atoms with Gasteiger partial charge in [-0.3, -0.25) is 0 Å². The van der Waals surface area contributed by atoms with Gasteiger partial charge in [0.25, 0.3) is 0 Å². The highest BCUT2D eigenvalue weighted by atomic mass is 79.9. The predicted octanol–water partition coefficient (Wildman–Crippen LogP) is 1.81. The highest BCUT2D eigenvalue weighted by Gasteiger charge is 1.91. The molecule has 0 aromatic heterocycles. The predicted molar refractivity (Wildman–Crippen MR) is 49.4 cm³/mol. The van der Waals surface area contributed by atoms with Crippen molar-refractivity contribution in [1.29, 1.82) is 0 Å². The number of hydrogen-bond donors (Lipinski definition) is 2. The van der Waals surface area contributed by atoms with Crippen molar-refractivity contribution in [1.82, 2.24) is 5.48 Å². The summed E-state index contributed by atoms with van der Waals surface area (Å²) in [6, 6.07) is 7.53. The number of nitrogens with one attached hydrogen (secondary N) is 1. The van der Waals surface area contributed by atoms with E-state index in [9.17, 15) is 0 Å². The third-order valence-electron chi connectivity index (χ3n) is 1.30. The Labute approximate surface area is 79.4 Å². The Bertz CT molecular complexity index is 225. The molecule has 0 amide bonds. The van der Waals surface area contributed by atoms with Crippen LogP contribution >= 0.6 is 15.9 Å². The Kier molecular flexibility index (Phi) is 4.07. The quantitative estimate of drug-likeness (QED) is 0.614. The smallest absolute Gasteiger partial charge is 0.119 e. The van der Waals surface area contributed by atoms with Crippen LogP contribution in [0.4, 0.5) is 0 Å². The van der Waals surface area contributed by atoms with Crippen LogP contribution in [0.1, 0.15) is 0 Å². The molecule has 0 atom stereocenters. The van der Waals surface area contributed by atoms with Gasteiger partial charge in [-0.1, -0.05) is 15.9 Å². The van der Waals surface area contributed by atoms with Crippen molar-refractivity contribution in [3.8, 4) is 5.75 Å². The van der Waals surface area contributed by atoms with Crippen molar-refractivity contribution in [2.45, 2.75) is 0 Å². The van der Waals surface area contributed by atoms with Crippen LogP contribution in [-0.2, 0) is 0 Å². The molecule has 2 N–H and O–H groups in total. The Hall–Kier alpha value is -0.580. The number of halogens is 1. The minimum Gasteiger partial charge on any atom is -0.492 e. The first-order valence-corrected chi connectivity index (χ1v) is 4.37. The van der Waals surface area contributed by atoms with Crippen LogP contribution in [0.25, 0.3) is 0 Å². The number of hydrogen-bond acceptors (Lipinski definition) is 3. The van der Waals surface area contributed by atoms with Crippen molar-refractivity contribution >= 4 is 15.9 Å². The first kappa shape index (κ1) is 9.51. The Balaban J connectivity index is 2.37. The first-order chi connectivity index (χ1) is 5.83. The van der Waals surface area contributed by atoms with Crippen LogP contribution in [0.5, 0.6) is 5.75 Å². The zero-order valence-corrected chi connectivity index (χ0v) is 8.04. The van der Waals surface area contributed by atoms with E-state index in [0.29, 0.717) is 13.2 Å². The molecule has 0 heterocycles. The van der Waals surface area contributed by atoms with E-state index in [1.807, 2.05) is 29.7 Å². The van der Waals surface area contributed by atoms with Gasteiger partial charge in [-0.25, -0.2) is 5.48 Å². The molecule has 0 unspecified atom stereocenters. The lowest BCUT2D eigenvalue weighted by molar-refractivity contribution is 0.145. The van der Waals surface area contributed by atoms with E-state index in [0.717, 1.165) is 10.2 Å². The van der Waals surface area contributed by atoms with Crippen molar-refractivity contribution in [3.05, 3.63) is 28.7 Å². The molecule has 1 aromatic rings. The molecule has 0 aliphatic heterocycles. The van der Waals surface area contributed by atoms with E-state index in [1.165, 1.54) is 0 Å². The minimum atomic E-state index is 0.427. The monoisotopic (exact) mass is 231 g/mol. The molecule has 0 radical (unpaired) electrons. The fourth-order valence-electron chi connectivity index (χ4n) is 0.745. The van der Waals surface area contributed by atoms with E-state index in [2.05, 4.69) is 15.9 Å². The maximum absolute atomic E-state index is 8.25. The first-order valence-electron chi connectivity index (χ1n) is 3.58. The summed E-state index contributed by atoms with van der Waals surface area (Å²) in [5, 5.41) is 8.25. The molecule has 0 aliphatic carbocycles. The van der Waals surface area contributed by atoms with Crippen molar-refractivity contribution < 1.29 is 9.94 Å². The van der Waals surface area contributed by atoms with Gasteiger partial charge in [0.05, 0.1) is 6.54 Å². The minimum absolute atomic E-state index is 0.427. The van der Waals surface area contributed by atoms with Gasteiger partial charge in [-0.05, 0) is 24.3 Å². The second-order valence-corrected chi connectivity index (χ2v) is 3.13. The number of benzene rings is 1. The van der Waals surface area contributed by atoms with Crippen LogP contribution in [-0.4, -0.2) is 18.4 Å². The summed E-state index contributed by atoms with van der Waals surface area (Å²) in [4.78, 5) is 0. The molecular weight excluding hydrogens is 222 g/mol. The van der Waals surface area contributed by atoms with E-state index in [4.69, 9.17) is 9.94 Å². The van der Waals surface area contributed by atoms with E-state index < -0.39 is 0 Å². The standard InChI is InChI=1S/C8H10BrNO2/c9-7-1-3-8(4-2-7)12-6-5-10-11/h1-4,10-11H,5-6H2. The van der Waals surface area contributed by atoms with Gasteiger partial charge < -0.3 is 9.94 Å². The lowest BCUT2D eigenvalue weighted by Gasteiger charge is -2.04. The molecule has 12 heavy (non-hydrogen) atoms. The summed E-state index contributed by atoms with van der Waals surface area (Å²) in [6.45, 7) is 0.883. The maximum Gasteiger partial charge on any atom is 0.119 e. The second kappa shape index (κ2) is 5.13. The third-order valence-corrected chi connectivity index (χ3v) is 1.82. The average Bonchev–Trinajstić information content (AvgIpc) is 2.09. The van der Waals surface area contributed by atoms with Crippen LogP contribution < -0.4 is 10.2 Å². The highest BCUT2D eigenvalue weighted by molar-refractivity contribution is 9.10. The molecule has 66 valence electrons. The zero-order valence-electron chi connectivity index (χ0n) is 6.46. The molecule has 0 aliphatic rings. The zero-order chi connectivity index (χ0) is 8.81. The molecular formula is C8H10BrNO2. The van der Waals surface area contributed by atoms with Gasteiger partial charge in [0.1, 0.15) is 12.4 Å². The maximum atomic E-state index is 8.25. The topological polar surface area (TPSA) is 41.5 Å². The fraction of sp³-hybridized carbons (Fsp3) is 0.250. The summed E-state index contributed by atoms with van der Waals surface area (Å²) >= 11 is 3.32. The number of ether oxygens (including phenoxy) is 1. The average molecular weight is 232 g/mol. The molecule has 1 rings (SSSR count). The van der Waals surface area contributed by atoms with Crippen molar-refractivity contribution in [2.75, 3.05) is 13.2 Å². The second-order valence-electron chi connectivity index (χ2n) is 2.21. The van der Waals surface area contributed by atoms with Crippen molar-refractivity contribution in [2.24, 2.45) is 0 Å². The van der Waals surface area contributed by atoms with Gasteiger partial charge in [0, 0.05) is 4.47 Å². The molecule has 0 saturated carbocycles. The van der Waals surface area contributed by atoms with Gasteiger partial charge in [0.15, 0.2) is 0 Å². The Morgan fingerprint density at radius 2 is 2.00 bits per heavy atom. The normalized spacial score (nSPS) is 9.83. The van der Waals surface area contributed by atoms with Crippen molar-refractivity contribution in [3.63, 3.8) is 0 Å². The Morgan fingerprint density at radius 1 is 1.33 bits per heavy atom. The summed E-state index contributed by atoms with van der Waals surface area (Å²) in [5.41, 5.74) is 2.02. The lowest BCUT2D eigenvalue weighted by atomic mass is 10.3. The highest BCUT2D eigenvalue weighted by Crippen LogP contribution is 2.15. The molecule has 0 saturated heterocycles. The fourth-order valence-corrected chi connectivity index (χ4v) is 1.01. The Morgan fingerprint density at radius 3 is 2.58 bits per heavy atom. The summed E-state index contributed by atoms with van der Waals surface area (Å²) in [5.74, 6) is 0.799. The molecule has 3 nitrogen and oxygen atoms in total. The number of hydroxylamine groups is 1. The van der Waals surface area contributed by atoms with E-state index in [-0.39, 0.29) is 0 Å². The van der Waals surface area contributed by atoms with Crippen LogP contribution in [0.15, 0.2) is 28.7 Å². The van der Waals surface area contributed by atoms with Gasteiger partial charge in [-0.15, -0.1) is 0 Å². The molecule has 1 aromatic carbocycles. The van der Waals surface area contributed by atoms with Crippen LogP contribution in [0, 0.1) is 0 Å². The molecule has 0 spiro atoms. The lowest BCUT2D eigenvalue weighted by Crippen LogP contribution is -2.16. The SMILES string of the molecule is ONCCOc1ccc(Br)cc1. The van der Waals surface area contributed by atoms with Gasteiger partial charge in [-0.2, -0.15) is 0 Å². The van der Waals surface area contributed by atoms with E-state index in [1.54, 1.807) is 0 Å². The third kappa shape index (κ3) is 3.21. The molecule has 4 heteroatoms. The van der Waals surface area contributed by atoms with E-state index >= 15 is 0 Å². The largest absolute Gasteiger partial charge is 0.492 e. The summed E-state index contributed by atoms with van der Waals surface area (Å²) < 4.78 is 6.28. The van der Waals surface area contributed by atoms with Gasteiger partial charge >= 0.3 is 0 Å². The van der Waals surface area contributed by atoms with Crippen LogP contribution in [0.2, 0.25) is 0 Å². The summed E-state index contributed by atoms with van der Waals surface area (Å²) in [7, 11) is 0. The van der Waals surface area contributed by atoms with Gasteiger partial charge in [0.2, 0.25) is 0 Å². The molecule has 0 fully saturated rings. The number of rotatable bonds is 4.